The lowest BCUT2D eigenvalue weighted by Crippen LogP contribution is -2.07. The van der Waals surface area contributed by atoms with Gasteiger partial charge in [-0.1, -0.05) is 18.2 Å². The molecule has 0 aliphatic heterocycles. The van der Waals surface area contributed by atoms with Crippen LogP contribution in [0.4, 0.5) is 0 Å². The lowest BCUT2D eigenvalue weighted by molar-refractivity contribution is 0.179. The normalized spacial score (nSPS) is 11.2. The predicted octanol–water partition coefficient (Wildman–Crippen LogP) is 1.90. The number of nitrogens with zero attached hydrogens (tertiary/aromatic N) is 3. The van der Waals surface area contributed by atoms with Gasteiger partial charge in [0.25, 0.3) is 0 Å². The Hall–Kier alpha value is -3.16. The molecule has 2 aromatic heterocycles. The van der Waals surface area contributed by atoms with Gasteiger partial charge >= 0.3 is 5.63 Å². The maximum atomic E-state index is 12.1. The third-order valence-corrected chi connectivity index (χ3v) is 3.02. The summed E-state index contributed by atoms with van der Waals surface area (Å²) in [4.78, 5) is 12.1. The van der Waals surface area contributed by atoms with Crippen molar-refractivity contribution in [1.82, 2.24) is 20.6 Å². The Morgan fingerprint density at radius 3 is 3.04 bits per heavy atom. The van der Waals surface area contributed by atoms with E-state index in [9.17, 15) is 4.79 Å². The summed E-state index contributed by atoms with van der Waals surface area (Å²) in [7, 11) is 0. The highest BCUT2D eigenvalue weighted by Gasteiger charge is 2.13. The van der Waals surface area contributed by atoms with Gasteiger partial charge in [-0.25, -0.2) is 9.89 Å². The van der Waals surface area contributed by atoms with Crippen LogP contribution < -0.4 is 10.4 Å². The summed E-state index contributed by atoms with van der Waals surface area (Å²) in [5, 5.41) is 13.9. The topological polar surface area (TPSA) is 103 Å². The van der Waals surface area contributed by atoms with Gasteiger partial charge < -0.3 is 13.9 Å². The molecule has 8 heteroatoms. The van der Waals surface area contributed by atoms with Crippen molar-refractivity contribution in [3.8, 4) is 17.1 Å². The number of H-pyrrole nitrogens is 1. The zero-order valence-corrected chi connectivity index (χ0v) is 12.4. The highest BCUT2D eigenvalue weighted by Crippen LogP contribution is 2.26. The molecule has 3 rings (SSSR count). The van der Waals surface area contributed by atoms with Gasteiger partial charge in [0.1, 0.15) is 18.8 Å². The van der Waals surface area contributed by atoms with Crippen molar-refractivity contribution in [3.05, 3.63) is 47.0 Å². The van der Waals surface area contributed by atoms with Crippen molar-refractivity contribution in [2.24, 2.45) is 0 Å². The molecule has 23 heavy (non-hydrogen) atoms. The number of hydrogen-bond donors (Lipinski definition) is 1. The van der Waals surface area contributed by atoms with Gasteiger partial charge in [-0.2, -0.15) is 0 Å². The van der Waals surface area contributed by atoms with Crippen LogP contribution in [0.15, 0.2) is 45.8 Å². The number of tetrazole rings is 1. The van der Waals surface area contributed by atoms with E-state index in [4.69, 9.17) is 13.9 Å². The highest BCUT2D eigenvalue weighted by atomic mass is 16.5. The molecular weight excluding hydrogens is 300 g/mol. The number of aromatic nitrogens is 4. The quantitative estimate of drug-likeness (QED) is 0.421. The standard InChI is InChI=1S/C15H14N4O4/c1-2-6-21-7-8-22-12-5-3-4-10-9-11(14-16-18-19-17-14)15(20)23-13(10)12/h2-6,9H,7-8H2,1H3,(H,16,17,18,19). The first-order valence-corrected chi connectivity index (χ1v) is 6.96. The summed E-state index contributed by atoms with van der Waals surface area (Å²) in [6.45, 7) is 2.59. The average Bonchev–Trinajstić information content (AvgIpc) is 3.08. The smallest absolute Gasteiger partial charge is 0.347 e. The Morgan fingerprint density at radius 2 is 2.26 bits per heavy atom. The first kappa shape index (κ1) is 14.8. The molecule has 0 aliphatic rings. The molecule has 0 radical (unpaired) electrons. The van der Waals surface area contributed by atoms with Crippen molar-refractivity contribution in [2.45, 2.75) is 6.92 Å². The van der Waals surface area contributed by atoms with Gasteiger partial charge in [0, 0.05) is 5.39 Å². The number of ether oxygens (including phenoxy) is 2. The molecule has 0 amide bonds. The van der Waals surface area contributed by atoms with E-state index in [0.717, 1.165) is 0 Å². The molecule has 0 spiro atoms. The minimum absolute atomic E-state index is 0.256. The van der Waals surface area contributed by atoms with E-state index in [1.165, 1.54) is 0 Å². The summed E-state index contributed by atoms with van der Waals surface area (Å²) in [5.74, 6) is 0.734. The lowest BCUT2D eigenvalue weighted by atomic mass is 10.1. The molecule has 0 atom stereocenters. The Bertz CT molecular complexity index is 871. The largest absolute Gasteiger partial charge is 0.498 e. The van der Waals surface area contributed by atoms with Crippen LogP contribution in [0.25, 0.3) is 22.4 Å². The van der Waals surface area contributed by atoms with Crippen molar-refractivity contribution >= 4 is 11.0 Å². The SMILES string of the molecule is CC=COCCOc1cccc2cc(-c3nnn[nH]3)c(=O)oc12. The Labute approximate surface area is 130 Å². The maximum Gasteiger partial charge on any atom is 0.347 e. The van der Waals surface area contributed by atoms with E-state index in [1.807, 2.05) is 19.1 Å². The van der Waals surface area contributed by atoms with Crippen LogP contribution in [-0.4, -0.2) is 33.8 Å². The first-order valence-electron chi connectivity index (χ1n) is 6.96. The minimum Gasteiger partial charge on any atom is -0.498 e. The number of rotatable bonds is 6. The molecule has 1 aromatic carbocycles. The van der Waals surface area contributed by atoms with Crippen LogP contribution >= 0.6 is 0 Å². The van der Waals surface area contributed by atoms with Crippen LogP contribution in [-0.2, 0) is 4.74 Å². The van der Waals surface area contributed by atoms with Gasteiger partial charge in [-0.15, -0.1) is 5.10 Å². The molecule has 0 fully saturated rings. The second-order valence-corrected chi connectivity index (χ2v) is 4.56. The van der Waals surface area contributed by atoms with Crippen molar-refractivity contribution in [3.63, 3.8) is 0 Å². The van der Waals surface area contributed by atoms with Gasteiger partial charge in [-0.3, -0.25) is 0 Å². The predicted molar refractivity (Wildman–Crippen MR) is 81.9 cm³/mol. The van der Waals surface area contributed by atoms with E-state index < -0.39 is 5.63 Å². The van der Waals surface area contributed by atoms with Gasteiger partial charge in [0.15, 0.2) is 17.2 Å². The summed E-state index contributed by atoms with van der Waals surface area (Å²) < 4.78 is 16.2. The summed E-state index contributed by atoms with van der Waals surface area (Å²) in [6.07, 6.45) is 3.38. The van der Waals surface area contributed by atoms with E-state index in [-0.39, 0.29) is 11.4 Å². The number of benzene rings is 1. The molecule has 0 bridgehead atoms. The third kappa shape index (κ3) is 3.20. The van der Waals surface area contributed by atoms with Crippen LogP contribution in [0, 0.1) is 0 Å². The number of nitrogens with one attached hydrogen (secondary N) is 1. The van der Waals surface area contributed by atoms with Crippen molar-refractivity contribution in [2.75, 3.05) is 13.2 Å². The number of hydrogen-bond acceptors (Lipinski definition) is 7. The minimum atomic E-state index is -0.544. The van der Waals surface area contributed by atoms with Gasteiger partial charge in [0.05, 0.1) is 6.26 Å². The fourth-order valence-corrected chi connectivity index (χ4v) is 2.03. The lowest BCUT2D eigenvalue weighted by Gasteiger charge is -2.08. The summed E-state index contributed by atoms with van der Waals surface area (Å²) >= 11 is 0. The fourth-order valence-electron chi connectivity index (χ4n) is 2.03. The third-order valence-electron chi connectivity index (χ3n) is 3.02. The molecule has 3 aromatic rings. The monoisotopic (exact) mass is 314 g/mol. The molecule has 0 saturated carbocycles. The molecule has 118 valence electrons. The average molecular weight is 314 g/mol. The maximum absolute atomic E-state index is 12.1. The molecule has 0 aliphatic carbocycles. The van der Waals surface area contributed by atoms with Gasteiger partial charge in [-0.05, 0) is 29.5 Å². The second-order valence-electron chi connectivity index (χ2n) is 4.56. The highest BCUT2D eigenvalue weighted by molar-refractivity contribution is 5.85. The molecule has 1 N–H and O–H groups in total. The number of aromatic amines is 1. The Morgan fingerprint density at radius 1 is 1.35 bits per heavy atom. The zero-order chi connectivity index (χ0) is 16.1. The van der Waals surface area contributed by atoms with Gasteiger partial charge in [0.2, 0.25) is 0 Å². The molecular formula is C15H14N4O4. The molecule has 2 heterocycles. The van der Waals surface area contributed by atoms with Crippen LogP contribution in [0.1, 0.15) is 6.92 Å². The Balaban J connectivity index is 1.89. The zero-order valence-electron chi connectivity index (χ0n) is 12.4. The van der Waals surface area contributed by atoms with Crippen molar-refractivity contribution < 1.29 is 13.9 Å². The van der Waals surface area contributed by atoms with E-state index in [2.05, 4.69) is 20.6 Å². The van der Waals surface area contributed by atoms with Crippen LogP contribution in [0.5, 0.6) is 5.75 Å². The number of fused-ring (bicyclic) bond motifs is 1. The van der Waals surface area contributed by atoms with E-state index in [1.54, 1.807) is 24.5 Å². The van der Waals surface area contributed by atoms with Crippen LogP contribution in [0.3, 0.4) is 0 Å². The van der Waals surface area contributed by atoms with Crippen molar-refractivity contribution in [1.29, 1.82) is 0 Å². The second kappa shape index (κ2) is 6.73. The van der Waals surface area contributed by atoms with Crippen LogP contribution in [0.2, 0.25) is 0 Å². The molecule has 0 unspecified atom stereocenters. The molecule has 0 saturated heterocycles. The number of allylic oxidation sites excluding steroid dienone is 1. The fraction of sp³-hybridized carbons (Fsp3) is 0.200. The first-order chi connectivity index (χ1) is 11.3. The molecule has 8 nitrogen and oxygen atoms in total. The summed E-state index contributed by atoms with van der Waals surface area (Å²) in [5.41, 5.74) is 0.0908. The summed E-state index contributed by atoms with van der Waals surface area (Å²) in [6, 6.07) is 7.02. The van der Waals surface area contributed by atoms with E-state index >= 15 is 0 Å². The Kier molecular flexibility index (Phi) is 4.32. The van der Waals surface area contributed by atoms with E-state index in [0.29, 0.717) is 29.9 Å². The number of para-hydroxylation sites is 1.